The Morgan fingerprint density at radius 3 is 2.38 bits per heavy atom. The van der Waals surface area contributed by atoms with Crippen LogP contribution >= 0.6 is 11.9 Å². The van der Waals surface area contributed by atoms with E-state index in [4.69, 9.17) is 5.11 Å². The van der Waals surface area contributed by atoms with Crippen LogP contribution in [0.2, 0.25) is 0 Å². The van der Waals surface area contributed by atoms with Gasteiger partial charge in [0.25, 0.3) is 0 Å². The number of hydrogen-bond donors (Lipinski definition) is 3. The molecule has 4 rings (SSSR count). The molecule has 0 spiro atoms. The minimum atomic E-state index is -0.947. The quantitative estimate of drug-likeness (QED) is 0.216. The standard InChI is InChI=1S/C32H38F2N2O3S/c1-32(2,18-21-14-23-9-4-5-10-24(23)15-21)35-19-25(37)20-36(3)40-30-17-28(33)27(16-29(30)34)26-11-7-6-8-22(26)12-13-31(38)39/h4-11,16-17,21,25,35,37H,12-15,18-20H2,1-3H3,(H,38,39)/t25-/m1/s1. The number of aliphatic carboxylic acids is 1. The van der Waals surface area contributed by atoms with Gasteiger partial charge in [-0.05, 0) is 98.8 Å². The molecule has 0 saturated heterocycles. The van der Waals surface area contributed by atoms with Crippen molar-refractivity contribution in [3.05, 3.63) is 89.0 Å². The van der Waals surface area contributed by atoms with Crippen LogP contribution in [-0.4, -0.2) is 52.3 Å². The first-order chi connectivity index (χ1) is 19.0. The average Bonchev–Trinajstić information content (AvgIpc) is 3.30. The van der Waals surface area contributed by atoms with Gasteiger partial charge in [0, 0.05) is 30.6 Å². The van der Waals surface area contributed by atoms with Crippen molar-refractivity contribution in [3.8, 4) is 11.1 Å². The third-order valence-corrected chi connectivity index (χ3v) is 8.38. The summed E-state index contributed by atoms with van der Waals surface area (Å²) >= 11 is 1.04. The van der Waals surface area contributed by atoms with Gasteiger partial charge in [0.2, 0.25) is 0 Å². The predicted molar refractivity (Wildman–Crippen MR) is 156 cm³/mol. The molecule has 3 aromatic carbocycles. The molecule has 3 aromatic rings. The van der Waals surface area contributed by atoms with Gasteiger partial charge in [0.15, 0.2) is 0 Å². The van der Waals surface area contributed by atoms with Crippen molar-refractivity contribution in [1.82, 2.24) is 9.62 Å². The monoisotopic (exact) mass is 568 g/mol. The van der Waals surface area contributed by atoms with E-state index in [2.05, 4.69) is 43.4 Å². The number of aryl methyl sites for hydroxylation is 1. The third kappa shape index (κ3) is 8.13. The SMILES string of the molecule is CN(C[C@H](O)CNC(C)(C)CC1Cc2ccccc2C1)Sc1cc(F)c(-c2ccccc2CCC(=O)O)cc1F. The van der Waals surface area contributed by atoms with Crippen molar-refractivity contribution in [2.45, 2.75) is 62.5 Å². The molecule has 1 aliphatic carbocycles. The van der Waals surface area contributed by atoms with Gasteiger partial charge in [0.05, 0.1) is 11.0 Å². The third-order valence-electron chi connectivity index (χ3n) is 7.41. The van der Waals surface area contributed by atoms with E-state index in [0.29, 0.717) is 23.6 Å². The topological polar surface area (TPSA) is 72.8 Å². The van der Waals surface area contributed by atoms with Crippen LogP contribution in [-0.2, 0) is 24.1 Å². The van der Waals surface area contributed by atoms with Gasteiger partial charge in [-0.3, -0.25) is 4.79 Å². The van der Waals surface area contributed by atoms with Crippen LogP contribution in [0.15, 0.2) is 65.6 Å². The molecule has 0 saturated carbocycles. The normalized spacial score (nSPS) is 14.5. The maximum atomic E-state index is 15.1. The number of β-amino-alcohol motifs (C(OH)–C–C–N with tert-alkyl or cyclic N) is 1. The van der Waals surface area contributed by atoms with E-state index in [0.717, 1.165) is 43.3 Å². The molecule has 214 valence electrons. The van der Waals surface area contributed by atoms with Crippen LogP contribution in [0.1, 0.15) is 43.4 Å². The summed E-state index contributed by atoms with van der Waals surface area (Å²) in [6.07, 6.45) is 2.60. The zero-order chi connectivity index (χ0) is 28.9. The van der Waals surface area contributed by atoms with E-state index in [1.165, 1.54) is 11.1 Å². The van der Waals surface area contributed by atoms with Gasteiger partial charge < -0.3 is 15.5 Å². The summed E-state index contributed by atoms with van der Waals surface area (Å²) in [5.41, 5.74) is 3.95. The number of benzene rings is 3. The fraction of sp³-hybridized carbons (Fsp3) is 0.406. The van der Waals surface area contributed by atoms with Crippen molar-refractivity contribution < 1.29 is 23.8 Å². The molecule has 1 atom stereocenters. The number of nitrogens with zero attached hydrogens (tertiary/aromatic N) is 1. The van der Waals surface area contributed by atoms with Crippen molar-refractivity contribution >= 4 is 17.9 Å². The first-order valence-electron chi connectivity index (χ1n) is 13.7. The number of likely N-dealkylation sites (N-methyl/N-ethyl adjacent to an activating group) is 1. The van der Waals surface area contributed by atoms with E-state index >= 15 is 8.78 Å². The average molecular weight is 569 g/mol. The van der Waals surface area contributed by atoms with E-state index in [1.54, 1.807) is 35.6 Å². The smallest absolute Gasteiger partial charge is 0.303 e. The molecule has 0 aromatic heterocycles. The minimum absolute atomic E-state index is 0.0942. The second kappa shape index (κ2) is 13.3. The highest BCUT2D eigenvalue weighted by Crippen LogP contribution is 2.34. The van der Waals surface area contributed by atoms with Crippen LogP contribution in [0.5, 0.6) is 0 Å². The van der Waals surface area contributed by atoms with Gasteiger partial charge in [-0.1, -0.05) is 48.5 Å². The Kier molecular flexibility index (Phi) is 10.0. The Morgan fingerprint density at radius 2 is 1.70 bits per heavy atom. The maximum Gasteiger partial charge on any atom is 0.303 e. The summed E-state index contributed by atoms with van der Waals surface area (Å²) in [6.45, 7) is 4.96. The lowest BCUT2D eigenvalue weighted by molar-refractivity contribution is -0.136. The lowest BCUT2D eigenvalue weighted by Crippen LogP contribution is -2.46. The molecular weight excluding hydrogens is 530 g/mol. The molecule has 3 N–H and O–H groups in total. The van der Waals surface area contributed by atoms with E-state index < -0.39 is 23.7 Å². The highest BCUT2D eigenvalue weighted by atomic mass is 32.2. The molecule has 40 heavy (non-hydrogen) atoms. The summed E-state index contributed by atoms with van der Waals surface area (Å²) in [4.78, 5) is 11.1. The zero-order valence-electron chi connectivity index (χ0n) is 23.3. The summed E-state index contributed by atoms with van der Waals surface area (Å²) in [7, 11) is 1.74. The number of carboxylic acid groups (broad SMARTS) is 1. The zero-order valence-corrected chi connectivity index (χ0v) is 24.1. The maximum absolute atomic E-state index is 15.1. The Labute approximate surface area is 239 Å². The van der Waals surface area contributed by atoms with Gasteiger partial charge >= 0.3 is 5.97 Å². The molecule has 0 radical (unpaired) electrons. The van der Waals surface area contributed by atoms with Crippen molar-refractivity contribution in [2.24, 2.45) is 5.92 Å². The van der Waals surface area contributed by atoms with Gasteiger partial charge in [0.1, 0.15) is 11.6 Å². The summed E-state index contributed by atoms with van der Waals surface area (Å²) in [5.74, 6) is -1.54. The molecule has 8 heteroatoms. The van der Waals surface area contributed by atoms with Crippen LogP contribution in [0.4, 0.5) is 8.78 Å². The number of aliphatic hydroxyl groups is 1. The number of aliphatic hydroxyl groups excluding tert-OH is 1. The number of rotatable bonds is 13. The van der Waals surface area contributed by atoms with Gasteiger partial charge in [-0.2, -0.15) is 0 Å². The molecular formula is C32H38F2N2O3S. The highest BCUT2D eigenvalue weighted by Gasteiger charge is 2.28. The fourth-order valence-corrected chi connectivity index (χ4v) is 6.48. The first kappa shape index (κ1) is 30.2. The number of halogens is 2. The van der Waals surface area contributed by atoms with E-state index in [9.17, 15) is 9.90 Å². The predicted octanol–water partition coefficient (Wildman–Crippen LogP) is 6.12. The van der Waals surface area contributed by atoms with E-state index in [1.807, 2.05) is 0 Å². The number of hydrogen-bond acceptors (Lipinski definition) is 5. The lowest BCUT2D eigenvalue weighted by Gasteiger charge is -2.31. The van der Waals surface area contributed by atoms with E-state index in [-0.39, 0.29) is 35.4 Å². The Morgan fingerprint density at radius 1 is 1.05 bits per heavy atom. The largest absolute Gasteiger partial charge is 0.481 e. The minimum Gasteiger partial charge on any atom is -0.481 e. The molecule has 0 unspecified atom stereocenters. The second-order valence-corrected chi connectivity index (χ2v) is 12.6. The lowest BCUT2D eigenvalue weighted by atomic mass is 9.88. The summed E-state index contributed by atoms with van der Waals surface area (Å²) in [5, 5.41) is 23.2. The Bertz CT molecular complexity index is 1310. The van der Waals surface area contributed by atoms with Crippen LogP contribution < -0.4 is 5.32 Å². The van der Waals surface area contributed by atoms with Crippen molar-refractivity contribution in [3.63, 3.8) is 0 Å². The summed E-state index contributed by atoms with van der Waals surface area (Å²) in [6, 6.07) is 17.8. The molecule has 5 nitrogen and oxygen atoms in total. The Hall–Kier alpha value is -2.78. The summed E-state index contributed by atoms with van der Waals surface area (Å²) < 4.78 is 31.9. The molecule has 1 aliphatic rings. The van der Waals surface area contributed by atoms with Gasteiger partial charge in [-0.25, -0.2) is 13.1 Å². The highest BCUT2D eigenvalue weighted by molar-refractivity contribution is 7.97. The van der Waals surface area contributed by atoms with Crippen LogP contribution in [0.3, 0.4) is 0 Å². The fourth-order valence-electron chi connectivity index (χ4n) is 5.60. The van der Waals surface area contributed by atoms with Crippen molar-refractivity contribution in [1.29, 1.82) is 0 Å². The van der Waals surface area contributed by atoms with Gasteiger partial charge in [-0.15, -0.1) is 0 Å². The number of fused-ring (bicyclic) bond motifs is 1. The van der Waals surface area contributed by atoms with Crippen LogP contribution in [0.25, 0.3) is 11.1 Å². The molecule has 0 aliphatic heterocycles. The number of nitrogens with one attached hydrogen (secondary N) is 1. The molecule has 0 bridgehead atoms. The number of carboxylic acids is 1. The number of carbonyl (C=O) groups is 1. The second-order valence-electron chi connectivity index (χ2n) is 11.4. The first-order valence-corrected chi connectivity index (χ1v) is 14.5. The molecule has 0 fully saturated rings. The Balaban J connectivity index is 1.30. The van der Waals surface area contributed by atoms with Crippen LogP contribution in [0, 0.1) is 17.6 Å². The van der Waals surface area contributed by atoms with Crippen molar-refractivity contribution in [2.75, 3.05) is 20.1 Å². The molecule has 0 heterocycles. The molecule has 0 amide bonds.